The summed E-state index contributed by atoms with van der Waals surface area (Å²) in [5, 5.41) is 4.28. The molecule has 1 N–H and O–H groups in total. The Morgan fingerprint density at radius 3 is 2.38 bits per heavy atom. The third-order valence-electron chi connectivity index (χ3n) is 3.94. The average molecular weight is 362 g/mol. The molecule has 0 aliphatic carbocycles. The molecule has 0 amide bonds. The van der Waals surface area contributed by atoms with E-state index in [1.54, 1.807) is 18.4 Å². The number of hydrogen-bond donors (Lipinski definition) is 1. The van der Waals surface area contributed by atoms with E-state index in [4.69, 9.17) is 9.72 Å². The van der Waals surface area contributed by atoms with Crippen LogP contribution in [0.2, 0.25) is 0 Å². The van der Waals surface area contributed by atoms with Crippen molar-refractivity contribution in [1.29, 1.82) is 0 Å². The number of ether oxygens (including phenoxy) is 1. The van der Waals surface area contributed by atoms with Crippen molar-refractivity contribution < 1.29 is 4.74 Å². The maximum Gasteiger partial charge on any atom is 0.188 e. The molecule has 0 atom stereocenters. The maximum atomic E-state index is 5.22. The highest BCUT2D eigenvalue weighted by molar-refractivity contribution is 7.19. The Labute approximate surface area is 158 Å². The molecule has 0 spiro atoms. The van der Waals surface area contributed by atoms with Gasteiger partial charge in [-0.25, -0.2) is 4.98 Å². The third-order valence-corrected chi connectivity index (χ3v) is 4.95. The Hall–Kier alpha value is -2.85. The maximum absolute atomic E-state index is 5.22. The summed E-state index contributed by atoms with van der Waals surface area (Å²) in [5.74, 6) is 0.838. The van der Waals surface area contributed by atoms with E-state index in [9.17, 15) is 0 Å². The van der Waals surface area contributed by atoms with Crippen molar-refractivity contribution in [2.75, 3.05) is 12.4 Å². The summed E-state index contributed by atoms with van der Waals surface area (Å²) in [6.07, 6.45) is 6.23. The van der Waals surface area contributed by atoms with Crippen LogP contribution in [0.4, 0.5) is 10.8 Å². The number of benzene rings is 2. The zero-order chi connectivity index (χ0) is 18.4. The normalized spacial score (nSPS) is 11.7. The van der Waals surface area contributed by atoms with Crippen LogP contribution in [0.5, 0.6) is 5.75 Å². The highest BCUT2D eigenvalue weighted by atomic mass is 32.1. The van der Waals surface area contributed by atoms with Crippen LogP contribution in [-0.2, 0) is 0 Å². The van der Waals surface area contributed by atoms with Gasteiger partial charge in [0.1, 0.15) is 5.75 Å². The predicted octanol–water partition coefficient (Wildman–Crippen LogP) is 6.54. The van der Waals surface area contributed by atoms with E-state index in [0.717, 1.165) is 32.7 Å². The van der Waals surface area contributed by atoms with Crippen molar-refractivity contribution in [1.82, 2.24) is 4.98 Å². The van der Waals surface area contributed by atoms with Crippen molar-refractivity contribution in [3.05, 3.63) is 78.5 Å². The van der Waals surface area contributed by atoms with Gasteiger partial charge in [-0.2, -0.15) is 0 Å². The fourth-order valence-corrected chi connectivity index (χ4v) is 3.66. The van der Waals surface area contributed by atoms with Crippen LogP contribution < -0.4 is 10.1 Å². The summed E-state index contributed by atoms with van der Waals surface area (Å²) in [7, 11) is 1.67. The van der Waals surface area contributed by atoms with Gasteiger partial charge in [0.05, 0.1) is 17.7 Å². The van der Waals surface area contributed by atoms with Gasteiger partial charge in [0.15, 0.2) is 5.13 Å². The first-order valence-electron chi connectivity index (χ1n) is 8.52. The second-order valence-electron chi connectivity index (χ2n) is 5.66. The number of allylic oxidation sites excluding steroid dienone is 4. The Bertz CT molecular complexity index is 909. The Morgan fingerprint density at radius 1 is 1.04 bits per heavy atom. The molecule has 3 nitrogen and oxygen atoms in total. The minimum atomic E-state index is 0.838. The van der Waals surface area contributed by atoms with E-state index >= 15 is 0 Å². The van der Waals surface area contributed by atoms with Crippen molar-refractivity contribution in [3.8, 4) is 16.2 Å². The standard InChI is InChI=1S/C22H22N2OS/c1-4-9-16(5-2)20-21(17-10-7-6-8-11-17)26-22(24-20)23-18-12-14-19(25-3)15-13-18/h4-15H,1-3H3,(H,23,24)/b9-4-,16-5+. The van der Waals surface area contributed by atoms with E-state index in [0.29, 0.717) is 0 Å². The number of nitrogens with one attached hydrogen (secondary N) is 1. The summed E-state index contributed by atoms with van der Waals surface area (Å²) < 4.78 is 5.22. The molecule has 1 heterocycles. The second-order valence-corrected chi connectivity index (χ2v) is 6.66. The van der Waals surface area contributed by atoms with Crippen LogP contribution in [0.3, 0.4) is 0 Å². The molecule has 132 valence electrons. The number of aromatic nitrogens is 1. The zero-order valence-corrected chi connectivity index (χ0v) is 16.0. The molecule has 0 aliphatic rings. The highest BCUT2D eigenvalue weighted by Crippen LogP contribution is 2.38. The fraction of sp³-hybridized carbons (Fsp3) is 0.136. The minimum Gasteiger partial charge on any atom is -0.497 e. The molecule has 0 bridgehead atoms. The quantitative estimate of drug-likeness (QED) is 0.505. The smallest absolute Gasteiger partial charge is 0.188 e. The van der Waals surface area contributed by atoms with Crippen molar-refractivity contribution in [2.45, 2.75) is 13.8 Å². The monoisotopic (exact) mass is 362 g/mol. The first-order chi connectivity index (χ1) is 12.7. The lowest BCUT2D eigenvalue weighted by Crippen LogP contribution is -1.91. The third kappa shape index (κ3) is 4.03. The Morgan fingerprint density at radius 2 is 1.77 bits per heavy atom. The van der Waals surface area contributed by atoms with Crippen LogP contribution in [-0.4, -0.2) is 12.1 Å². The number of methoxy groups -OCH3 is 1. The molecule has 3 rings (SSSR count). The van der Waals surface area contributed by atoms with E-state index in [1.807, 2.05) is 50.3 Å². The molecule has 0 radical (unpaired) electrons. The van der Waals surface area contributed by atoms with Gasteiger partial charge < -0.3 is 10.1 Å². The molecule has 0 saturated heterocycles. The van der Waals surface area contributed by atoms with Gasteiger partial charge in [0.2, 0.25) is 0 Å². The second kappa shape index (κ2) is 8.50. The number of thiazole rings is 1. The zero-order valence-electron chi connectivity index (χ0n) is 15.2. The average Bonchev–Trinajstić information content (AvgIpc) is 3.11. The molecular formula is C22H22N2OS. The highest BCUT2D eigenvalue weighted by Gasteiger charge is 2.15. The summed E-state index contributed by atoms with van der Waals surface area (Å²) in [6.45, 7) is 4.06. The topological polar surface area (TPSA) is 34.2 Å². The van der Waals surface area contributed by atoms with Crippen LogP contribution in [0.15, 0.2) is 72.8 Å². The van der Waals surface area contributed by atoms with Crippen LogP contribution >= 0.6 is 11.3 Å². The van der Waals surface area contributed by atoms with E-state index < -0.39 is 0 Å². The van der Waals surface area contributed by atoms with Crippen molar-refractivity contribution >= 4 is 27.7 Å². The molecule has 0 unspecified atom stereocenters. The van der Waals surface area contributed by atoms with Gasteiger partial charge in [-0.15, -0.1) is 0 Å². The lowest BCUT2D eigenvalue weighted by molar-refractivity contribution is 0.415. The number of rotatable bonds is 6. The van der Waals surface area contributed by atoms with E-state index in [-0.39, 0.29) is 0 Å². The van der Waals surface area contributed by atoms with Crippen LogP contribution in [0, 0.1) is 0 Å². The summed E-state index contributed by atoms with van der Waals surface area (Å²) >= 11 is 1.66. The van der Waals surface area contributed by atoms with E-state index in [2.05, 4.69) is 41.7 Å². The fourth-order valence-electron chi connectivity index (χ4n) is 2.64. The molecule has 4 heteroatoms. The van der Waals surface area contributed by atoms with Gasteiger partial charge in [0, 0.05) is 5.69 Å². The lowest BCUT2D eigenvalue weighted by Gasteiger charge is -2.04. The van der Waals surface area contributed by atoms with Crippen molar-refractivity contribution in [2.24, 2.45) is 0 Å². The molecule has 1 aromatic heterocycles. The molecule has 3 aromatic rings. The Balaban J connectivity index is 2.00. The minimum absolute atomic E-state index is 0.838. The molecule has 2 aromatic carbocycles. The van der Waals surface area contributed by atoms with Gasteiger partial charge in [-0.3, -0.25) is 0 Å². The molecule has 0 saturated carbocycles. The molecular weight excluding hydrogens is 340 g/mol. The van der Waals surface area contributed by atoms with E-state index in [1.165, 1.54) is 5.56 Å². The number of hydrogen-bond acceptors (Lipinski definition) is 4. The lowest BCUT2D eigenvalue weighted by atomic mass is 10.1. The Kier molecular flexibility index (Phi) is 5.87. The first kappa shape index (κ1) is 18.0. The predicted molar refractivity (Wildman–Crippen MR) is 112 cm³/mol. The van der Waals surface area contributed by atoms with Gasteiger partial charge in [-0.05, 0) is 49.2 Å². The van der Waals surface area contributed by atoms with Gasteiger partial charge >= 0.3 is 0 Å². The number of nitrogens with zero attached hydrogens (tertiary/aromatic N) is 1. The number of anilines is 2. The summed E-state index contributed by atoms with van der Waals surface area (Å²) in [4.78, 5) is 6.03. The van der Waals surface area contributed by atoms with Crippen molar-refractivity contribution in [3.63, 3.8) is 0 Å². The SMILES string of the molecule is C/C=C\C(=C/C)c1nc(Nc2ccc(OC)cc2)sc1-c1ccccc1. The first-order valence-corrected chi connectivity index (χ1v) is 9.33. The summed E-state index contributed by atoms with van der Waals surface area (Å²) in [5.41, 5.74) is 4.27. The van der Waals surface area contributed by atoms with Crippen LogP contribution in [0.1, 0.15) is 19.5 Å². The van der Waals surface area contributed by atoms with Crippen LogP contribution in [0.25, 0.3) is 16.0 Å². The van der Waals surface area contributed by atoms with Gasteiger partial charge in [0.25, 0.3) is 0 Å². The van der Waals surface area contributed by atoms with Gasteiger partial charge in [-0.1, -0.05) is 59.9 Å². The molecule has 0 fully saturated rings. The summed E-state index contributed by atoms with van der Waals surface area (Å²) in [6, 6.07) is 18.2. The molecule has 26 heavy (non-hydrogen) atoms. The molecule has 0 aliphatic heterocycles. The largest absolute Gasteiger partial charge is 0.497 e.